The Bertz CT molecular complexity index is 265. The monoisotopic (exact) mass is 212 g/mol. The minimum Gasteiger partial charge on any atom is -0.353 e. The van der Waals surface area contributed by atoms with Crippen molar-refractivity contribution in [2.24, 2.45) is 18.7 Å². The van der Waals surface area contributed by atoms with Gasteiger partial charge in [-0.1, -0.05) is 18.4 Å². The molecule has 0 aromatic carbocycles. The van der Waals surface area contributed by atoms with Crippen LogP contribution in [-0.4, -0.2) is 33.3 Å². The predicted molar refractivity (Wildman–Crippen MR) is 59.4 cm³/mol. The zero-order chi connectivity index (χ0) is 11.1. The molecule has 0 saturated heterocycles. The van der Waals surface area contributed by atoms with Crippen LogP contribution in [0, 0.1) is 5.92 Å². The van der Waals surface area contributed by atoms with Crippen LogP contribution in [0.2, 0.25) is 0 Å². The van der Waals surface area contributed by atoms with E-state index < -0.39 is 0 Å². The number of nitrogens with two attached hydrogens (primary N) is 1. The molecule has 15 heavy (non-hydrogen) atoms. The van der Waals surface area contributed by atoms with Crippen molar-refractivity contribution in [3.63, 3.8) is 0 Å². The molecule has 6 nitrogen and oxygen atoms in total. The van der Waals surface area contributed by atoms with E-state index >= 15 is 0 Å². The van der Waals surface area contributed by atoms with Gasteiger partial charge in [0.25, 0.3) is 0 Å². The summed E-state index contributed by atoms with van der Waals surface area (Å²) >= 11 is 0. The van der Waals surface area contributed by atoms with Crippen molar-refractivity contribution < 1.29 is 0 Å². The number of hydrogen-bond donors (Lipinski definition) is 2. The van der Waals surface area contributed by atoms with Crippen molar-refractivity contribution in [1.82, 2.24) is 20.2 Å². The van der Waals surface area contributed by atoms with Gasteiger partial charge in [-0.3, -0.25) is 0 Å². The fraction of sp³-hybridized carbons (Fsp3) is 0.889. The van der Waals surface area contributed by atoms with Crippen molar-refractivity contribution in [2.45, 2.75) is 26.2 Å². The number of tetrazole rings is 1. The highest BCUT2D eigenvalue weighted by molar-refractivity contribution is 5.20. The number of rotatable bonds is 7. The molecule has 3 N–H and O–H groups in total. The molecule has 0 aliphatic carbocycles. The van der Waals surface area contributed by atoms with E-state index in [1.165, 1.54) is 12.8 Å². The molecule has 0 bridgehead atoms. The van der Waals surface area contributed by atoms with E-state index in [1.54, 1.807) is 4.68 Å². The summed E-state index contributed by atoms with van der Waals surface area (Å²) in [6, 6.07) is 0. The van der Waals surface area contributed by atoms with Crippen LogP contribution in [0.1, 0.15) is 26.2 Å². The maximum Gasteiger partial charge on any atom is 0.242 e. The Morgan fingerprint density at radius 3 is 2.80 bits per heavy atom. The van der Waals surface area contributed by atoms with Crippen LogP contribution in [0.3, 0.4) is 0 Å². The van der Waals surface area contributed by atoms with E-state index in [1.807, 2.05) is 7.05 Å². The Hall–Kier alpha value is -1.17. The van der Waals surface area contributed by atoms with Crippen LogP contribution < -0.4 is 11.1 Å². The van der Waals surface area contributed by atoms with Crippen LogP contribution in [-0.2, 0) is 7.05 Å². The third-order valence-corrected chi connectivity index (χ3v) is 2.44. The van der Waals surface area contributed by atoms with Crippen LogP contribution in [0.4, 0.5) is 5.95 Å². The Kier molecular flexibility index (Phi) is 5.03. The molecule has 6 heteroatoms. The zero-order valence-corrected chi connectivity index (χ0v) is 9.48. The fourth-order valence-corrected chi connectivity index (χ4v) is 1.61. The molecule has 0 spiro atoms. The topological polar surface area (TPSA) is 81.7 Å². The van der Waals surface area contributed by atoms with E-state index in [9.17, 15) is 0 Å². The number of aryl methyl sites for hydroxylation is 1. The molecule has 0 radical (unpaired) electrons. The summed E-state index contributed by atoms with van der Waals surface area (Å²) in [5, 5.41) is 14.4. The van der Waals surface area contributed by atoms with Gasteiger partial charge in [-0.25, -0.2) is 4.68 Å². The molecule has 1 heterocycles. The number of aromatic nitrogens is 4. The van der Waals surface area contributed by atoms with Crippen molar-refractivity contribution in [1.29, 1.82) is 0 Å². The van der Waals surface area contributed by atoms with E-state index in [0.717, 1.165) is 19.5 Å². The fourth-order valence-electron chi connectivity index (χ4n) is 1.61. The number of nitrogens with one attached hydrogen (secondary N) is 1. The molecule has 1 atom stereocenters. The first-order valence-corrected chi connectivity index (χ1v) is 5.44. The minimum atomic E-state index is 0.608. The standard InChI is InChI=1S/C9H20N6/c1-3-4-8(5-6-10)7-11-9-12-13-14-15(9)2/h8H,3-7,10H2,1-2H3,(H,11,12,14). The lowest BCUT2D eigenvalue weighted by Gasteiger charge is -2.15. The largest absolute Gasteiger partial charge is 0.353 e. The summed E-state index contributed by atoms with van der Waals surface area (Å²) in [5.41, 5.74) is 5.57. The van der Waals surface area contributed by atoms with Gasteiger partial charge in [0.1, 0.15) is 0 Å². The Balaban J connectivity index is 2.36. The number of anilines is 1. The van der Waals surface area contributed by atoms with Gasteiger partial charge in [0.2, 0.25) is 5.95 Å². The van der Waals surface area contributed by atoms with Crippen LogP contribution >= 0.6 is 0 Å². The second kappa shape index (κ2) is 6.34. The molecule has 0 fully saturated rings. The van der Waals surface area contributed by atoms with E-state index in [0.29, 0.717) is 11.9 Å². The van der Waals surface area contributed by atoms with Crippen molar-refractivity contribution in [2.75, 3.05) is 18.4 Å². The van der Waals surface area contributed by atoms with Crippen LogP contribution in [0.15, 0.2) is 0 Å². The van der Waals surface area contributed by atoms with Gasteiger partial charge in [-0.05, 0) is 35.7 Å². The minimum absolute atomic E-state index is 0.608. The molecular formula is C9H20N6. The van der Waals surface area contributed by atoms with Crippen LogP contribution in [0.25, 0.3) is 0 Å². The summed E-state index contributed by atoms with van der Waals surface area (Å²) in [5.74, 6) is 1.32. The molecule has 1 aromatic rings. The smallest absolute Gasteiger partial charge is 0.242 e. The number of hydrogen-bond acceptors (Lipinski definition) is 5. The maximum absolute atomic E-state index is 5.57. The van der Waals surface area contributed by atoms with E-state index in [4.69, 9.17) is 5.73 Å². The highest BCUT2D eigenvalue weighted by Gasteiger charge is 2.08. The second-order valence-corrected chi connectivity index (χ2v) is 3.74. The maximum atomic E-state index is 5.57. The Morgan fingerprint density at radius 1 is 1.47 bits per heavy atom. The van der Waals surface area contributed by atoms with Crippen molar-refractivity contribution in [3.8, 4) is 0 Å². The summed E-state index contributed by atoms with van der Waals surface area (Å²) < 4.78 is 1.63. The average Bonchev–Trinajstić information content (AvgIpc) is 2.61. The molecule has 0 aliphatic rings. The summed E-state index contributed by atoms with van der Waals surface area (Å²) in [6.45, 7) is 3.82. The quantitative estimate of drug-likeness (QED) is 0.683. The Labute approximate surface area is 90.2 Å². The summed E-state index contributed by atoms with van der Waals surface area (Å²) in [4.78, 5) is 0. The lowest BCUT2D eigenvalue weighted by Crippen LogP contribution is -2.19. The molecule has 1 rings (SSSR count). The van der Waals surface area contributed by atoms with E-state index in [2.05, 4.69) is 27.8 Å². The number of nitrogens with zero attached hydrogens (tertiary/aromatic N) is 4. The van der Waals surface area contributed by atoms with Crippen molar-refractivity contribution in [3.05, 3.63) is 0 Å². The first-order valence-electron chi connectivity index (χ1n) is 5.44. The first-order chi connectivity index (χ1) is 7.27. The second-order valence-electron chi connectivity index (χ2n) is 3.74. The third kappa shape index (κ3) is 3.83. The Morgan fingerprint density at radius 2 is 2.27 bits per heavy atom. The van der Waals surface area contributed by atoms with Gasteiger partial charge in [0, 0.05) is 13.6 Å². The molecular weight excluding hydrogens is 192 g/mol. The normalized spacial score (nSPS) is 12.7. The SMILES string of the molecule is CCCC(CCN)CNc1nnnn1C. The first kappa shape index (κ1) is 11.9. The predicted octanol–water partition coefficient (Wildman–Crippen LogP) is 0.387. The molecule has 86 valence electrons. The van der Waals surface area contributed by atoms with E-state index in [-0.39, 0.29) is 0 Å². The van der Waals surface area contributed by atoms with Crippen LogP contribution in [0.5, 0.6) is 0 Å². The molecule has 0 saturated carbocycles. The molecule has 0 amide bonds. The van der Waals surface area contributed by atoms with Crippen molar-refractivity contribution >= 4 is 5.95 Å². The van der Waals surface area contributed by atoms with Gasteiger partial charge in [0.15, 0.2) is 0 Å². The van der Waals surface area contributed by atoms with Gasteiger partial charge in [0.05, 0.1) is 0 Å². The lowest BCUT2D eigenvalue weighted by molar-refractivity contribution is 0.471. The highest BCUT2D eigenvalue weighted by atomic mass is 15.6. The zero-order valence-electron chi connectivity index (χ0n) is 9.48. The molecule has 1 unspecified atom stereocenters. The van der Waals surface area contributed by atoms with Gasteiger partial charge in [-0.15, -0.1) is 0 Å². The lowest BCUT2D eigenvalue weighted by atomic mass is 10.00. The third-order valence-electron chi connectivity index (χ3n) is 2.44. The van der Waals surface area contributed by atoms with Gasteiger partial charge in [-0.2, -0.15) is 0 Å². The molecule has 1 aromatic heterocycles. The summed E-state index contributed by atoms with van der Waals surface area (Å²) in [7, 11) is 1.82. The average molecular weight is 212 g/mol. The highest BCUT2D eigenvalue weighted by Crippen LogP contribution is 2.11. The summed E-state index contributed by atoms with van der Waals surface area (Å²) in [6.07, 6.45) is 3.42. The molecule has 0 aliphatic heterocycles. The van der Waals surface area contributed by atoms with Gasteiger partial charge < -0.3 is 11.1 Å². The van der Waals surface area contributed by atoms with Gasteiger partial charge >= 0.3 is 0 Å².